The summed E-state index contributed by atoms with van der Waals surface area (Å²) in [7, 11) is 1.80. The van der Waals surface area contributed by atoms with E-state index >= 15 is 0 Å². The monoisotopic (exact) mass is 344 g/mol. The van der Waals surface area contributed by atoms with E-state index in [0.29, 0.717) is 18.4 Å². The van der Waals surface area contributed by atoms with Crippen LogP contribution in [0.2, 0.25) is 0 Å². The molecule has 2 rings (SSSR count). The number of guanidine groups is 1. The summed E-state index contributed by atoms with van der Waals surface area (Å²) < 4.78 is 0. The van der Waals surface area contributed by atoms with Crippen LogP contribution in [0.1, 0.15) is 54.4 Å². The summed E-state index contributed by atoms with van der Waals surface area (Å²) in [6.45, 7) is 10.2. The largest absolute Gasteiger partial charge is 0.356 e. The van der Waals surface area contributed by atoms with Crippen molar-refractivity contribution >= 4 is 17.3 Å². The molecule has 2 N–H and O–H groups in total. The van der Waals surface area contributed by atoms with Gasteiger partial charge in [0, 0.05) is 24.9 Å². The van der Waals surface area contributed by atoms with Gasteiger partial charge in [0.2, 0.25) is 0 Å². The lowest BCUT2D eigenvalue weighted by molar-refractivity contribution is 0.696. The van der Waals surface area contributed by atoms with Crippen LogP contribution in [0.4, 0.5) is 0 Å². The van der Waals surface area contributed by atoms with Gasteiger partial charge in [0.1, 0.15) is 0 Å². The Balaban J connectivity index is 1.82. The molecule has 0 bridgehead atoms. The fourth-order valence-corrected chi connectivity index (χ4v) is 3.16. The van der Waals surface area contributed by atoms with Gasteiger partial charge >= 0.3 is 0 Å². The van der Waals surface area contributed by atoms with Gasteiger partial charge in [-0.1, -0.05) is 50.6 Å². The van der Waals surface area contributed by atoms with Crippen molar-refractivity contribution in [3.8, 4) is 0 Å². The topological polar surface area (TPSA) is 49.3 Å². The van der Waals surface area contributed by atoms with Crippen LogP contribution in [-0.4, -0.2) is 24.5 Å². The predicted molar refractivity (Wildman–Crippen MR) is 104 cm³/mol. The Kier molecular flexibility index (Phi) is 6.79. The normalized spacial score (nSPS) is 13.2. The molecular weight excluding hydrogens is 316 g/mol. The lowest BCUT2D eigenvalue weighted by Crippen LogP contribution is -2.38. The highest BCUT2D eigenvalue weighted by atomic mass is 32.1. The molecule has 0 amide bonds. The first kappa shape index (κ1) is 18.5. The Bertz CT molecular complexity index is 658. The second-order valence-electron chi connectivity index (χ2n) is 6.45. The number of aliphatic imine (C=N–C) groups is 1. The van der Waals surface area contributed by atoms with Gasteiger partial charge in [-0.05, 0) is 18.4 Å². The van der Waals surface area contributed by atoms with E-state index in [4.69, 9.17) is 0 Å². The summed E-state index contributed by atoms with van der Waals surface area (Å²) in [6.07, 6.45) is 0. The molecule has 1 aromatic heterocycles. The average molecular weight is 345 g/mol. The molecule has 0 aliphatic rings. The molecule has 5 heteroatoms. The van der Waals surface area contributed by atoms with Gasteiger partial charge in [0.15, 0.2) is 5.96 Å². The van der Waals surface area contributed by atoms with Crippen molar-refractivity contribution in [1.29, 1.82) is 0 Å². The summed E-state index contributed by atoms with van der Waals surface area (Å²) in [5.74, 6) is 1.72. The van der Waals surface area contributed by atoms with Crippen LogP contribution in [0, 0.1) is 6.92 Å². The quantitative estimate of drug-likeness (QED) is 0.614. The first-order valence-corrected chi connectivity index (χ1v) is 9.33. The lowest BCUT2D eigenvalue weighted by Gasteiger charge is -2.16. The van der Waals surface area contributed by atoms with Gasteiger partial charge in [-0.3, -0.25) is 4.99 Å². The number of benzene rings is 1. The zero-order valence-electron chi connectivity index (χ0n) is 15.3. The number of rotatable bonds is 6. The molecule has 2 aromatic rings. The Hall–Kier alpha value is -1.88. The molecule has 0 saturated carbocycles. The summed E-state index contributed by atoms with van der Waals surface area (Å²) >= 11 is 1.72. The molecule has 1 aromatic carbocycles. The molecule has 0 spiro atoms. The average Bonchev–Trinajstić information content (AvgIpc) is 3.04. The maximum atomic E-state index is 4.64. The molecule has 0 saturated heterocycles. The summed E-state index contributed by atoms with van der Waals surface area (Å²) in [5, 5.41) is 10.0. The number of hydrogen-bond donors (Lipinski definition) is 2. The van der Waals surface area contributed by atoms with Crippen molar-refractivity contribution in [1.82, 2.24) is 15.6 Å². The molecule has 0 aliphatic carbocycles. The molecule has 0 aliphatic heterocycles. The molecule has 0 radical (unpaired) electrons. The van der Waals surface area contributed by atoms with Crippen LogP contribution in [0.25, 0.3) is 0 Å². The maximum absolute atomic E-state index is 4.64. The van der Waals surface area contributed by atoms with E-state index in [1.54, 1.807) is 18.4 Å². The molecular formula is C19H28N4S. The predicted octanol–water partition coefficient (Wildman–Crippen LogP) is 4.04. The fraction of sp³-hybridized carbons (Fsp3) is 0.474. The van der Waals surface area contributed by atoms with E-state index < -0.39 is 0 Å². The minimum Gasteiger partial charge on any atom is -0.356 e. The number of nitrogens with one attached hydrogen (secondary N) is 2. The van der Waals surface area contributed by atoms with Crippen molar-refractivity contribution in [3.05, 3.63) is 51.5 Å². The third-order valence-corrected chi connectivity index (χ3v) is 5.14. The minimum absolute atomic E-state index is 0.427. The van der Waals surface area contributed by atoms with Crippen molar-refractivity contribution in [2.75, 3.05) is 13.6 Å². The van der Waals surface area contributed by atoms with Gasteiger partial charge in [0.25, 0.3) is 0 Å². The zero-order valence-corrected chi connectivity index (χ0v) is 16.1. The van der Waals surface area contributed by atoms with Crippen LogP contribution in [-0.2, 0) is 6.54 Å². The number of aromatic nitrogens is 1. The number of hydrogen-bond acceptors (Lipinski definition) is 3. The van der Waals surface area contributed by atoms with E-state index in [-0.39, 0.29) is 0 Å². The van der Waals surface area contributed by atoms with Crippen LogP contribution in [0.5, 0.6) is 0 Å². The van der Waals surface area contributed by atoms with Gasteiger partial charge < -0.3 is 10.6 Å². The summed E-state index contributed by atoms with van der Waals surface area (Å²) in [6, 6.07) is 8.71. The molecule has 4 nitrogen and oxygen atoms in total. The Morgan fingerprint density at radius 2 is 1.88 bits per heavy atom. The number of nitrogens with zero attached hydrogens (tertiary/aromatic N) is 2. The smallest absolute Gasteiger partial charge is 0.191 e. The standard InChI is InChI=1S/C19H28N4S/c1-13(2)18-23-17(12-24-18)11-22-19(20-5)21-10-15(4)16-8-6-14(3)7-9-16/h6-9,12-13,15H,10-11H2,1-5H3,(H2,20,21,22). The van der Waals surface area contributed by atoms with Crippen molar-refractivity contribution < 1.29 is 0 Å². The van der Waals surface area contributed by atoms with Gasteiger partial charge in [-0.2, -0.15) is 0 Å². The van der Waals surface area contributed by atoms with Gasteiger partial charge in [0.05, 0.1) is 17.2 Å². The van der Waals surface area contributed by atoms with E-state index in [0.717, 1.165) is 18.2 Å². The van der Waals surface area contributed by atoms with Crippen LogP contribution in [0.15, 0.2) is 34.6 Å². The Morgan fingerprint density at radius 1 is 1.17 bits per heavy atom. The van der Waals surface area contributed by atoms with Crippen molar-refractivity contribution in [2.24, 2.45) is 4.99 Å². The molecule has 0 fully saturated rings. The minimum atomic E-state index is 0.427. The van der Waals surface area contributed by atoms with Crippen molar-refractivity contribution in [3.63, 3.8) is 0 Å². The van der Waals surface area contributed by atoms with E-state index in [1.807, 2.05) is 0 Å². The third-order valence-electron chi connectivity index (χ3n) is 3.95. The van der Waals surface area contributed by atoms with E-state index in [1.165, 1.54) is 16.1 Å². The second-order valence-corrected chi connectivity index (χ2v) is 7.34. The summed E-state index contributed by atoms with van der Waals surface area (Å²) in [5.41, 5.74) is 3.70. The molecule has 1 atom stereocenters. The van der Waals surface area contributed by atoms with Crippen molar-refractivity contribution in [2.45, 2.75) is 46.1 Å². The summed E-state index contributed by atoms with van der Waals surface area (Å²) in [4.78, 5) is 8.94. The zero-order chi connectivity index (χ0) is 17.5. The first-order valence-electron chi connectivity index (χ1n) is 8.45. The Morgan fingerprint density at radius 3 is 2.46 bits per heavy atom. The first-order chi connectivity index (χ1) is 11.5. The second kappa shape index (κ2) is 8.83. The van der Waals surface area contributed by atoms with Gasteiger partial charge in [-0.15, -0.1) is 11.3 Å². The fourth-order valence-electron chi connectivity index (χ4n) is 2.33. The number of aryl methyl sites for hydroxylation is 1. The van der Waals surface area contributed by atoms with Crippen LogP contribution in [0.3, 0.4) is 0 Å². The Labute approximate surface area is 149 Å². The highest BCUT2D eigenvalue weighted by Crippen LogP contribution is 2.19. The SMILES string of the molecule is CN=C(NCc1csc(C(C)C)n1)NCC(C)c1ccc(C)cc1. The van der Waals surface area contributed by atoms with E-state index in [2.05, 4.69) is 78.0 Å². The van der Waals surface area contributed by atoms with Gasteiger partial charge in [-0.25, -0.2) is 4.98 Å². The highest BCUT2D eigenvalue weighted by molar-refractivity contribution is 7.09. The molecule has 1 unspecified atom stereocenters. The van der Waals surface area contributed by atoms with E-state index in [9.17, 15) is 0 Å². The molecule has 1 heterocycles. The lowest BCUT2D eigenvalue weighted by atomic mass is 10.0. The number of thiazole rings is 1. The molecule has 130 valence electrons. The van der Waals surface area contributed by atoms with Crippen LogP contribution >= 0.6 is 11.3 Å². The maximum Gasteiger partial charge on any atom is 0.191 e. The highest BCUT2D eigenvalue weighted by Gasteiger charge is 2.08. The third kappa shape index (κ3) is 5.34. The van der Waals surface area contributed by atoms with Crippen LogP contribution < -0.4 is 10.6 Å². The molecule has 24 heavy (non-hydrogen) atoms.